The van der Waals surface area contributed by atoms with E-state index in [0.29, 0.717) is 5.95 Å². The summed E-state index contributed by atoms with van der Waals surface area (Å²) in [7, 11) is 0. The number of hydrogen-bond acceptors (Lipinski definition) is 4. The minimum absolute atomic E-state index is 0.628. The smallest absolute Gasteiger partial charge is 0.224 e. The van der Waals surface area contributed by atoms with Crippen LogP contribution in [0.5, 0.6) is 0 Å². The molecule has 21 heavy (non-hydrogen) atoms. The summed E-state index contributed by atoms with van der Waals surface area (Å²) in [6, 6.07) is 8.51. The molecular formula is C16H21BrN4. The second-order valence-corrected chi connectivity index (χ2v) is 5.70. The fourth-order valence-electron chi connectivity index (χ4n) is 1.97. The quantitative estimate of drug-likeness (QED) is 0.757. The molecule has 0 radical (unpaired) electrons. The van der Waals surface area contributed by atoms with Crippen molar-refractivity contribution in [1.82, 2.24) is 9.97 Å². The van der Waals surface area contributed by atoms with Crippen molar-refractivity contribution in [3.63, 3.8) is 0 Å². The standard InChI is InChI=1S/C16H21BrN4/c1-3-5-6-12-7-9-13(10-8-12)20-15-14(17)11-19-16(21-15)18-4-2/h7-11H,3-6H2,1-2H3,(H2,18,19,20,21). The summed E-state index contributed by atoms with van der Waals surface area (Å²) < 4.78 is 0.846. The minimum Gasteiger partial charge on any atom is -0.354 e. The summed E-state index contributed by atoms with van der Waals surface area (Å²) in [6.07, 6.45) is 5.35. The van der Waals surface area contributed by atoms with Gasteiger partial charge in [-0.25, -0.2) is 4.98 Å². The fraction of sp³-hybridized carbons (Fsp3) is 0.375. The Morgan fingerprint density at radius 3 is 2.57 bits per heavy atom. The first-order chi connectivity index (χ1) is 10.2. The van der Waals surface area contributed by atoms with Crippen molar-refractivity contribution in [3.05, 3.63) is 40.5 Å². The first kappa shape index (κ1) is 15.8. The molecule has 0 bridgehead atoms. The van der Waals surface area contributed by atoms with E-state index >= 15 is 0 Å². The molecule has 1 aromatic heterocycles. The lowest BCUT2D eigenvalue weighted by molar-refractivity contribution is 0.795. The largest absolute Gasteiger partial charge is 0.354 e. The highest BCUT2D eigenvalue weighted by Crippen LogP contribution is 2.24. The second kappa shape index (κ2) is 7.98. The van der Waals surface area contributed by atoms with Gasteiger partial charge in [0.25, 0.3) is 0 Å². The summed E-state index contributed by atoms with van der Waals surface area (Å²) >= 11 is 3.47. The molecule has 0 aliphatic carbocycles. The number of aromatic nitrogens is 2. The molecular weight excluding hydrogens is 328 g/mol. The van der Waals surface area contributed by atoms with Gasteiger partial charge in [-0.1, -0.05) is 25.5 Å². The van der Waals surface area contributed by atoms with Crippen LogP contribution in [0.1, 0.15) is 32.3 Å². The zero-order chi connectivity index (χ0) is 15.1. The normalized spacial score (nSPS) is 10.4. The predicted octanol–water partition coefficient (Wildman–Crippen LogP) is 4.76. The maximum Gasteiger partial charge on any atom is 0.224 e. The molecule has 0 unspecified atom stereocenters. The highest BCUT2D eigenvalue weighted by molar-refractivity contribution is 9.10. The lowest BCUT2D eigenvalue weighted by Crippen LogP contribution is -2.04. The van der Waals surface area contributed by atoms with Gasteiger partial charge in [0.05, 0.1) is 4.47 Å². The first-order valence-electron chi connectivity index (χ1n) is 7.35. The maximum atomic E-state index is 4.45. The minimum atomic E-state index is 0.628. The van der Waals surface area contributed by atoms with E-state index < -0.39 is 0 Å². The highest BCUT2D eigenvalue weighted by Gasteiger charge is 2.05. The third-order valence-electron chi connectivity index (χ3n) is 3.11. The molecule has 0 aliphatic heterocycles. The van der Waals surface area contributed by atoms with Gasteiger partial charge >= 0.3 is 0 Å². The summed E-state index contributed by atoms with van der Waals surface area (Å²) in [5.41, 5.74) is 2.40. The van der Waals surface area contributed by atoms with Crippen LogP contribution in [0.4, 0.5) is 17.5 Å². The molecule has 2 aromatic rings. The van der Waals surface area contributed by atoms with Gasteiger partial charge in [0, 0.05) is 18.4 Å². The fourth-order valence-corrected chi connectivity index (χ4v) is 2.26. The van der Waals surface area contributed by atoms with Gasteiger partial charge in [-0.05, 0) is 53.4 Å². The van der Waals surface area contributed by atoms with Crippen LogP contribution >= 0.6 is 15.9 Å². The molecule has 0 atom stereocenters. The van der Waals surface area contributed by atoms with Crippen LogP contribution in [0.25, 0.3) is 0 Å². The molecule has 0 saturated carbocycles. The van der Waals surface area contributed by atoms with E-state index in [1.54, 1.807) is 6.20 Å². The van der Waals surface area contributed by atoms with Gasteiger partial charge in [0.15, 0.2) is 0 Å². The Hall–Kier alpha value is -1.62. The molecule has 0 aliphatic rings. The number of nitrogens with one attached hydrogen (secondary N) is 2. The molecule has 2 rings (SSSR count). The lowest BCUT2D eigenvalue weighted by atomic mass is 10.1. The van der Waals surface area contributed by atoms with Crippen LogP contribution in [0.3, 0.4) is 0 Å². The maximum absolute atomic E-state index is 4.45. The molecule has 4 nitrogen and oxygen atoms in total. The van der Waals surface area contributed by atoms with Gasteiger partial charge in [-0.15, -0.1) is 0 Å². The third-order valence-corrected chi connectivity index (χ3v) is 3.69. The van der Waals surface area contributed by atoms with E-state index in [1.165, 1.54) is 18.4 Å². The van der Waals surface area contributed by atoms with Crippen LogP contribution in [-0.2, 0) is 6.42 Å². The van der Waals surface area contributed by atoms with E-state index in [-0.39, 0.29) is 0 Å². The van der Waals surface area contributed by atoms with Gasteiger partial charge in [-0.3, -0.25) is 0 Å². The molecule has 0 spiro atoms. The van der Waals surface area contributed by atoms with Crippen molar-refractivity contribution in [2.45, 2.75) is 33.1 Å². The number of hydrogen-bond donors (Lipinski definition) is 2. The Bertz CT molecular complexity index is 569. The summed E-state index contributed by atoms with van der Waals surface area (Å²) in [4.78, 5) is 8.66. The number of nitrogens with zero attached hydrogens (tertiary/aromatic N) is 2. The molecule has 112 valence electrons. The number of aryl methyl sites for hydroxylation is 1. The summed E-state index contributed by atoms with van der Waals surface area (Å²) in [5.74, 6) is 1.39. The predicted molar refractivity (Wildman–Crippen MR) is 92.2 cm³/mol. The SMILES string of the molecule is CCCCc1ccc(Nc2nc(NCC)ncc2Br)cc1. The average Bonchev–Trinajstić information content (AvgIpc) is 2.50. The van der Waals surface area contributed by atoms with Crippen LogP contribution in [0, 0.1) is 0 Å². The lowest BCUT2D eigenvalue weighted by Gasteiger charge is -2.10. The van der Waals surface area contributed by atoms with E-state index in [1.807, 2.05) is 6.92 Å². The van der Waals surface area contributed by atoms with Crippen LogP contribution in [-0.4, -0.2) is 16.5 Å². The number of benzene rings is 1. The van der Waals surface area contributed by atoms with E-state index in [2.05, 4.69) is 67.7 Å². The van der Waals surface area contributed by atoms with Crippen molar-refractivity contribution >= 4 is 33.4 Å². The number of unbranched alkanes of at least 4 members (excludes halogenated alkanes) is 1. The Balaban J connectivity index is 2.08. The molecule has 5 heteroatoms. The topological polar surface area (TPSA) is 49.8 Å². The van der Waals surface area contributed by atoms with Gasteiger partial charge in [0.2, 0.25) is 5.95 Å². The van der Waals surface area contributed by atoms with Crippen molar-refractivity contribution in [2.24, 2.45) is 0 Å². The monoisotopic (exact) mass is 348 g/mol. The number of anilines is 3. The van der Waals surface area contributed by atoms with Crippen molar-refractivity contribution in [1.29, 1.82) is 0 Å². The molecule has 0 fully saturated rings. The first-order valence-corrected chi connectivity index (χ1v) is 8.14. The Kier molecular flexibility index (Phi) is 5.99. The Morgan fingerprint density at radius 1 is 1.14 bits per heavy atom. The molecule has 1 heterocycles. The van der Waals surface area contributed by atoms with Crippen LogP contribution in [0.15, 0.2) is 34.9 Å². The van der Waals surface area contributed by atoms with Crippen molar-refractivity contribution < 1.29 is 0 Å². The Morgan fingerprint density at radius 2 is 1.90 bits per heavy atom. The summed E-state index contributed by atoms with van der Waals surface area (Å²) in [6.45, 7) is 5.03. The van der Waals surface area contributed by atoms with Gasteiger partial charge < -0.3 is 10.6 Å². The van der Waals surface area contributed by atoms with E-state index in [0.717, 1.165) is 28.9 Å². The van der Waals surface area contributed by atoms with Gasteiger partial charge in [-0.2, -0.15) is 4.98 Å². The van der Waals surface area contributed by atoms with E-state index in [4.69, 9.17) is 0 Å². The zero-order valence-electron chi connectivity index (χ0n) is 12.5. The molecule has 0 saturated heterocycles. The van der Waals surface area contributed by atoms with Crippen molar-refractivity contribution in [2.75, 3.05) is 17.2 Å². The number of rotatable bonds is 7. The third kappa shape index (κ3) is 4.70. The van der Waals surface area contributed by atoms with Crippen LogP contribution < -0.4 is 10.6 Å². The Labute approximate surface area is 134 Å². The zero-order valence-corrected chi connectivity index (χ0v) is 14.1. The van der Waals surface area contributed by atoms with E-state index in [9.17, 15) is 0 Å². The number of halogens is 1. The molecule has 2 N–H and O–H groups in total. The van der Waals surface area contributed by atoms with Crippen LogP contribution in [0.2, 0.25) is 0 Å². The average molecular weight is 349 g/mol. The van der Waals surface area contributed by atoms with Crippen molar-refractivity contribution in [3.8, 4) is 0 Å². The second-order valence-electron chi connectivity index (χ2n) is 4.85. The molecule has 1 aromatic carbocycles. The summed E-state index contributed by atoms with van der Waals surface area (Å²) in [5, 5.41) is 6.43. The molecule has 0 amide bonds. The van der Waals surface area contributed by atoms with Gasteiger partial charge in [0.1, 0.15) is 5.82 Å². The highest BCUT2D eigenvalue weighted by atomic mass is 79.9.